The van der Waals surface area contributed by atoms with Crippen molar-refractivity contribution < 1.29 is 18.7 Å². The molecule has 1 amide bonds. The van der Waals surface area contributed by atoms with Gasteiger partial charge < -0.3 is 18.8 Å². The summed E-state index contributed by atoms with van der Waals surface area (Å²) in [5.41, 5.74) is 3.84. The number of hydrogen-bond donors (Lipinski definition) is 0. The fraction of sp³-hybridized carbons (Fsp3) is 0.227. The van der Waals surface area contributed by atoms with E-state index in [1.807, 2.05) is 47.4 Å². The molecule has 0 N–H and O–H groups in total. The van der Waals surface area contributed by atoms with E-state index in [-0.39, 0.29) is 11.9 Å². The molecule has 5 nitrogen and oxygen atoms in total. The van der Waals surface area contributed by atoms with E-state index in [0.717, 1.165) is 23.1 Å². The number of carbonyl (C=O) groups is 1. The normalized spacial score (nSPS) is 15.9. The SMILES string of the molecule is COc1cc2c(cc1OC)C(c1ccccc1)N(C(=O)c1ccoc1)CC2. The van der Waals surface area contributed by atoms with Crippen LogP contribution in [0.4, 0.5) is 0 Å². The second-order valence-electron chi connectivity index (χ2n) is 6.48. The largest absolute Gasteiger partial charge is 0.493 e. The van der Waals surface area contributed by atoms with E-state index < -0.39 is 0 Å². The Hall–Kier alpha value is -3.21. The molecule has 138 valence electrons. The number of fused-ring (bicyclic) bond motifs is 1. The van der Waals surface area contributed by atoms with Crippen LogP contribution in [-0.2, 0) is 6.42 Å². The molecule has 2 aromatic carbocycles. The summed E-state index contributed by atoms with van der Waals surface area (Å²) >= 11 is 0. The third kappa shape index (κ3) is 3.05. The first-order chi connectivity index (χ1) is 13.2. The molecule has 4 rings (SSSR count). The number of rotatable bonds is 4. The lowest BCUT2D eigenvalue weighted by Crippen LogP contribution is -2.40. The molecule has 1 aliphatic rings. The van der Waals surface area contributed by atoms with Crippen molar-refractivity contribution in [1.29, 1.82) is 0 Å². The van der Waals surface area contributed by atoms with Gasteiger partial charge in [-0.1, -0.05) is 30.3 Å². The molecule has 2 heterocycles. The third-order valence-electron chi connectivity index (χ3n) is 5.02. The van der Waals surface area contributed by atoms with Gasteiger partial charge in [0.2, 0.25) is 0 Å². The summed E-state index contributed by atoms with van der Waals surface area (Å²) in [7, 11) is 3.26. The second-order valence-corrected chi connectivity index (χ2v) is 6.48. The molecule has 0 bridgehead atoms. The summed E-state index contributed by atoms with van der Waals surface area (Å²) in [4.78, 5) is 15.0. The molecular formula is C22H21NO4. The van der Waals surface area contributed by atoms with E-state index in [9.17, 15) is 4.79 Å². The van der Waals surface area contributed by atoms with Gasteiger partial charge in [-0.05, 0) is 41.3 Å². The molecule has 0 saturated heterocycles. The van der Waals surface area contributed by atoms with Crippen molar-refractivity contribution in [2.75, 3.05) is 20.8 Å². The first-order valence-corrected chi connectivity index (χ1v) is 8.86. The van der Waals surface area contributed by atoms with Crippen molar-refractivity contribution >= 4 is 5.91 Å². The first kappa shape index (κ1) is 17.2. The molecule has 1 aliphatic heterocycles. The summed E-state index contributed by atoms with van der Waals surface area (Å²) in [6, 6.07) is 15.6. The number of amides is 1. The lowest BCUT2D eigenvalue weighted by atomic mass is 9.87. The van der Waals surface area contributed by atoms with E-state index in [2.05, 4.69) is 0 Å². The minimum atomic E-state index is -0.197. The molecular weight excluding hydrogens is 342 g/mol. The van der Waals surface area contributed by atoms with Gasteiger partial charge in [0.05, 0.1) is 32.1 Å². The second kappa shape index (κ2) is 7.19. The summed E-state index contributed by atoms with van der Waals surface area (Å²) < 4.78 is 16.1. The lowest BCUT2D eigenvalue weighted by Gasteiger charge is -2.38. The number of carbonyl (C=O) groups excluding carboxylic acids is 1. The Morgan fingerprint density at radius 1 is 1.07 bits per heavy atom. The van der Waals surface area contributed by atoms with Gasteiger partial charge in [0, 0.05) is 6.54 Å². The highest BCUT2D eigenvalue weighted by atomic mass is 16.5. The Morgan fingerprint density at radius 3 is 2.48 bits per heavy atom. The van der Waals surface area contributed by atoms with Crippen LogP contribution in [0.2, 0.25) is 0 Å². The van der Waals surface area contributed by atoms with Gasteiger partial charge in [-0.2, -0.15) is 0 Å². The Labute approximate surface area is 158 Å². The van der Waals surface area contributed by atoms with Crippen LogP contribution in [0.15, 0.2) is 65.5 Å². The highest BCUT2D eigenvalue weighted by Gasteiger charge is 2.34. The standard InChI is InChI=1S/C22H21NO4/c1-25-19-12-16-8-10-23(22(24)17-9-11-27-14-17)21(15-6-4-3-5-7-15)18(16)13-20(19)26-2/h3-7,9,11-14,21H,8,10H2,1-2H3. The van der Waals surface area contributed by atoms with E-state index in [0.29, 0.717) is 23.6 Å². The van der Waals surface area contributed by atoms with Crippen LogP contribution < -0.4 is 9.47 Å². The summed E-state index contributed by atoms with van der Waals surface area (Å²) in [5.74, 6) is 1.32. The maximum atomic E-state index is 13.1. The highest BCUT2D eigenvalue weighted by molar-refractivity contribution is 5.94. The minimum Gasteiger partial charge on any atom is -0.493 e. The zero-order chi connectivity index (χ0) is 18.8. The maximum absolute atomic E-state index is 13.1. The first-order valence-electron chi connectivity index (χ1n) is 8.86. The van der Waals surface area contributed by atoms with E-state index in [4.69, 9.17) is 13.9 Å². The number of methoxy groups -OCH3 is 2. The zero-order valence-corrected chi connectivity index (χ0v) is 15.3. The van der Waals surface area contributed by atoms with Crippen LogP contribution in [0.5, 0.6) is 11.5 Å². The molecule has 0 saturated carbocycles. The number of benzene rings is 2. The summed E-state index contributed by atoms with van der Waals surface area (Å²) in [6.45, 7) is 0.617. The molecule has 0 aliphatic carbocycles. The monoisotopic (exact) mass is 363 g/mol. The van der Waals surface area contributed by atoms with Crippen LogP contribution >= 0.6 is 0 Å². The van der Waals surface area contributed by atoms with Gasteiger partial charge in [-0.25, -0.2) is 0 Å². The van der Waals surface area contributed by atoms with Crippen molar-refractivity contribution in [2.24, 2.45) is 0 Å². The van der Waals surface area contributed by atoms with Gasteiger partial charge in [-0.15, -0.1) is 0 Å². The van der Waals surface area contributed by atoms with Crippen LogP contribution in [0.3, 0.4) is 0 Å². The highest BCUT2D eigenvalue weighted by Crippen LogP contribution is 2.41. The maximum Gasteiger partial charge on any atom is 0.257 e. The zero-order valence-electron chi connectivity index (χ0n) is 15.3. The predicted octanol–water partition coefficient (Wildman–Crippen LogP) is 4.08. The minimum absolute atomic E-state index is 0.0435. The van der Waals surface area contributed by atoms with Crippen LogP contribution in [0.1, 0.15) is 33.1 Å². The Bertz CT molecular complexity index is 934. The molecule has 27 heavy (non-hydrogen) atoms. The molecule has 5 heteroatoms. The molecule has 0 fully saturated rings. The van der Waals surface area contributed by atoms with E-state index >= 15 is 0 Å². The lowest BCUT2D eigenvalue weighted by molar-refractivity contribution is 0.0693. The molecule has 1 atom stereocenters. The molecule has 1 aromatic heterocycles. The van der Waals surface area contributed by atoms with Gasteiger partial charge in [0.1, 0.15) is 6.26 Å². The van der Waals surface area contributed by atoms with Crippen molar-refractivity contribution in [2.45, 2.75) is 12.5 Å². The van der Waals surface area contributed by atoms with Crippen molar-refractivity contribution in [3.05, 3.63) is 83.3 Å². The summed E-state index contributed by atoms with van der Waals surface area (Å²) in [6.07, 6.45) is 3.77. The van der Waals surface area contributed by atoms with Gasteiger partial charge in [0.15, 0.2) is 11.5 Å². The Balaban J connectivity index is 1.85. The number of ether oxygens (including phenoxy) is 2. The quantitative estimate of drug-likeness (QED) is 0.701. The molecule has 3 aromatic rings. The van der Waals surface area contributed by atoms with Gasteiger partial charge in [-0.3, -0.25) is 4.79 Å². The number of nitrogens with zero attached hydrogens (tertiary/aromatic N) is 1. The van der Waals surface area contributed by atoms with E-state index in [1.54, 1.807) is 20.3 Å². The fourth-order valence-corrected chi connectivity index (χ4v) is 3.71. The van der Waals surface area contributed by atoms with Crippen LogP contribution in [0.25, 0.3) is 0 Å². The fourth-order valence-electron chi connectivity index (χ4n) is 3.71. The third-order valence-corrected chi connectivity index (χ3v) is 5.02. The van der Waals surface area contributed by atoms with E-state index in [1.165, 1.54) is 12.5 Å². The van der Waals surface area contributed by atoms with Crippen molar-refractivity contribution in [3.8, 4) is 11.5 Å². The van der Waals surface area contributed by atoms with Crippen molar-refractivity contribution in [1.82, 2.24) is 4.90 Å². The predicted molar refractivity (Wildman–Crippen MR) is 101 cm³/mol. The average Bonchev–Trinajstić information content (AvgIpc) is 3.26. The van der Waals surface area contributed by atoms with Gasteiger partial charge in [0.25, 0.3) is 5.91 Å². The Kier molecular flexibility index (Phi) is 4.59. The molecule has 0 radical (unpaired) electrons. The summed E-state index contributed by atoms with van der Waals surface area (Å²) in [5, 5.41) is 0. The van der Waals surface area contributed by atoms with Crippen LogP contribution in [0, 0.1) is 0 Å². The average molecular weight is 363 g/mol. The number of hydrogen-bond acceptors (Lipinski definition) is 4. The smallest absolute Gasteiger partial charge is 0.257 e. The molecule has 0 spiro atoms. The van der Waals surface area contributed by atoms with Crippen LogP contribution in [-0.4, -0.2) is 31.6 Å². The number of furan rings is 1. The Morgan fingerprint density at radius 2 is 1.81 bits per heavy atom. The molecule has 1 unspecified atom stereocenters. The topological polar surface area (TPSA) is 51.9 Å². The van der Waals surface area contributed by atoms with Crippen molar-refractivity contribution in [3.63, 3.8) is 0 Å². The van der Waals surface area contributed by atoms with Gasteiger partial charge >= 0.3 is 0 Å².